The summed E-state index contributed by atoms with van der Waals surface area (Å²) < 4.78 is 5.72. The van der Waals surface area contributed by atoms with Crippen molar-refractivity contribution < 1.29 is 9.53 Å². The van der Waals surface area contributed by atoms with E-state index in [1.54, 1.807) is 34.7 Å². The molecule has 0 aliphatic carbocycles. The summed E-state index contributed by atoms with van der Waals surface area (Å²) >= 11 is 1.36. The second-order valence-electron chi connectivity index (χ2n) is 1.96. The van der Waals surface area contributed by atoms with Gasteiger partial charge in [0.25, 0.3) is 0 Å². The molecule has 1 aromatic rings. The van der Waals surface area contributed by atoms with Crippen molar-refractivity contribution in [3.05, 3.63) is 11.1 Å². The summed E-state index contributed by atoms with van der Waals surface area (Å²) in [6, 6.07) is 0. The Bertz CT molecular complexity index is 287. The molecule has 0 aliphatic rings. The molecule has 0 aliphatic heterocycles. The van der Waals surface area contributed by atoms with Crippen LogP contribution in [0, 0.1) is 0 Å². The topological polar surface area (TPSA) is 39.2 Å². The molecule has 0 saturated heterocycles. The van der Waals surface area contributed by atoms with Gasteiger partial charge in [-0.2, -0.15) is 0 Å². The third-order valence-corrected chi connectivity index (χ3v) is 4.09. The fourth-order valence-corrected chi connectivity index (χ4v) is 3.32. The van der Waals surface area contributed by atoms with Crippen LogP contribution in [0.15, 0.2) is 10.5 Å². The molecule has 1 aromatic heterocycles. The summed E-state index contributed by atoms with van der Waals surface area (Å²) in [5.41, 5.74) is 0. The van der Waals surface area contributed by atoms with E-state index in [4.69, 9.17) is 4.74 Å². The normalized spacial score (nSPS) is 10.0. The number of hydrogen-bond acceptors (Lipinski definition) is 6. The lowest BCUT2D eigenvalue weighted by Crippen LogP contribution is -2.01. The molecule has 0 spiro atoms. The molecule has 0 saturated carbocycles. The monoisotopic (exact) mass is 235 g/mol. The number of hydrogen-bond donors (Lipinski definition) is 0. The van der Waals surface area contributed by atoms with Gasteiger partial charge in [0.05, 0.1) is 12.8 Å². The zero-order valence-electron chi connectivity index (χ0n) is 7.27. The van der Waals surface area contributed by atoms with Crippen molar-refractivity contribution in [3.8, 4) is 0 Å². The van der Waals surface area contributed by atoms with Crippen LogP contribution in [0.3, 0.4) is 0 Å². The maximum Gasteiger partial charge on any atom is 0.349 e. The predicted molar refractivity (Wildman–Crippen MR) is 57.4 cm³/mol. The van der Waals surface area contributed by atoms with Crippen LogP contribution >= 0.6 is 32.9 Å². The van der Waals surface area contributed by atoms with Crippen molar-refractivity contribution in [2.75, 3.05) is 12.9 Å². The number of rotatable bonds is 4. The second kappa shape index (κ2) is 5.51. The highest BCUT2D eigenvalue weighted by Crippen LogP contribution is 2.32. The van der Waals surface area contributed by atoms with E-state index in [9.17, 15) is 4.79 Å². The van der Waals surface area contributed by atoms with Crippen molar-refractivity contribution >= 4 is 38.9 Å². The van der Waals surface area contributed by atoms with E-state index in [2.05, 4.69) is 4.98 Å². The molecule has 13 heavy (non-hydrogen) atoms. The average Bonchev–Trinajstić information content (AvgIpc) is 2.54. The van der Waals surface area contributed by atoms with Crippen LogP contribution in [0.1, 0.15) is 16.6 Å². The average molecular weight is 235 g/mol. The Kier molecular flexibility index (Phi) is 4.61. The fraction of sp³-hybridized carbons (Fsp3) is 0.429. The molecule has 0 fully saturated rings. The van der Waals surface area contributed by atoms with Crippen LogP contribution in [0.2, 0.25) is 0 Å². The minimum Gasteiger partial charge on any atom is -0.462 e. The first-order chi connectivity index (χ1) is 6.27. The Morgan fingerprint density at radius 3 is 3.15 bits per heavy atom. The number of nitrogens with zero attached hydrogens (tertiary/aromatic N) is 1. The third kappa shape index (κ3) is 3.21. The molecule has 0 aromatic carbocycles. The number of carbonyl (C=O) groups is 1. The van der Waals surface area contributed by atoms with E-state index in [1.165, 1.54) is 11.3 Å². The molecule has 72 valence electrons. The van der Waals surface area contributed by atoms with Crippen molar-refractivity contribution in [3.63, 3.8) is 0 Å². The Labute approximate surface area is 88.7 Å². The molecule has 0 unspecified atom stereocenters. The number of ether oxygens (including phenoxy) is 1. The predicted octanol–water partition coefficient (Wildman–Crippen LogP) is 2.69. The first-order valence-corrected chi connectivity index (χ1v) is 6.99. The highest BCUT2D eigenvalue weighted by Gasteiger charge is 2.10. The SMILES string of the molecule is CCOC(=O)c1cnc(SSC)s1. The summed E-state index contributed by atoms with van der Waals surface area (Å²) in [6.45, 7) is 2.19. The zero-order chi connectivity index (χ0) is 9.68. The van der Waals surface area contributed by atoms with E-state index in [0.29, 0.717) is 11.5 Å². The summed E-state index contributed by atoms with van der Waals surface area (Å²) in [7, 11) is 3.15. The standard InChI is InChI=1S/C7H9NO2S3/c1-3-10-6(9)5-4-8-7(12-5)13-11-2/h4H,3H2,1-2H3. The van der Waals surface area contributed by atoms with Crippen LogP contribution in [-0.4, -0.2) is 23.8 Å². The molecular formula is C7H9NO2S3. The molecule has 0 N–H and O–H groups in total. The lowest BCUT2D eigenvalue weighted by molar-refractivity contribution is 0.0532. The Morgan fingerprint density at radius 1 is 1.77 bits per heavy atom. The Balaban J connectivity index is 2.62. The lowest BCUT2D eigenvalue weighted by atomic mass is 10.6. The van der Waals surface area contributed by atoms with Gasteiger partial charge in [-0.25, -0.2) is 9.78 Å². The van der Waals surface area contributed by atoms with E-state index in [0.717, 1.165) is 4.34 Å². The quantitative estimate of drug-likeness (QED) is 0.592. The first-order valence-electron chi connectivity index (χ1n) is 3.61. The van der Waals surface area contributed by atoms with Crippen LogP contribution in [0.25, 0.3) is 0 Å². The number of esters is 1. The molecular weight excluding hydrogens is 226 g/mol. The molecule has 1 rings (SSSR count). The number of carbonyl (C=O) groups excluding carboxylic acids is 1. The van der Waals surface area contributed by atoms with Crippen LogP contribution in [-0.2, 0) is 4.74 Å². The Morgan fingerprint density at radius 2 is 2.54 bits per heavy atom. The maximum atomic E-state index is 11.2. The van der Waals surface area contributed by atoms with Crippen molar-refractivity contribution in [1.82, 2.24) is 4.98 Å². The van der Waals surface area contributed by atoms with E-state index >= 15 is 0 Å². The van der Waals surface area contributed by atoms with E-state index in [-0.39, 0.29) is 5.97 Å². The number of thiazole rings is 1. The van der Waals surface area contributed by atoms with Gasteiger partial charge in [-0.1, -0.05) is 22.1 Å². The molecule has 0 atom stereocenters. The molecule has 3 nitrogen and oxygen atoms in total. The van der Waals surface area contributed by atoms with Gasteiger partial charge in [0.2, 0.25) is 0 Å². The molecule has 0 radical (unpaired) electrons. The summed E-state index contributed by atoms with van der Waals surface area (Å²) in [5, 5.41) is 0. The summed E-state index contributed by atoms with van der Waals surface area (Å²) in [5.74, 6) is -0.284. The van der Waals surface area contributed by atoms with Crippen molar-refractivity contribution in [2.45, 2.75) is 11.3 Å². The first kappa shape index (κ1) is 10.9. The highest BCUT2D eigenvalue weighted by molar-refractivity contribution is 8.76. The van der Waals surface area contributed by atoms with Gasteiger partial charge in [-0.05, 0) is 24.0 Å². The largest absolute Gasteiger partial charge is 0.462 e. The molecule has 0 bridgehead atoms. The number of aromatic nitrogens is 1. The van der Waals surface area contributed by atoms with Crippen LogP contribution in [0.4, 0.5) is 0 Å². The summed E-state index contributed by atoms with van der Waals surface area (Å²) in [6.07, 6.45) is 3.53. The van der Waals surface area contributed by atoms with Crippen molar-refractivity contribution in [1.29, 1.82) is 0 Å². The van der Waals surface area contributed by atoms with Gasteiger partial charge in [-0.3, -0.25) is 0 Å². The second-order valence-corrected chi connectivity index (χ2v) is 5.64. The highest BCUT2D eigenvalue weighted by atomic mass is 33.1. The van der Waals surface area contributed by atoms with Gasteiger partial charge >= 0.3 is 5.97 Å². The Hall–Kier alpha value is -0.200. The van der Waals surface area contributed by atoms with Crippen molar-refractivity contribution in [2.24, 2.45) is 0 Å². The van der Waals surface area contributed by atoms with Gasteiger partial charge in [-0.15, -0.1) is 0 Å². The third-order valence-electron chi connectivity index (χ3n) is 1.12. The molecule has 1 heterocycles. The van der Waals surface area contributed by atoms with Gasteiger partial charge < -0.3 is 4.74 Å². The zero-order valence-corrected chi connectivity index (χ0v) is 9.72. The summed E-state index contributed by atoms with van der Waals surface area (Å²) in [4.78, 5) is 15.8. The maximum absolute atomic E-state index is 11.2. The van der Waals surface area contributed by atoms with Crippen LogP contribution in [0.5, 0.6) is 0 Å². The van der Waals surface area contributed by atoms with Gasteiger partial charge in [0.15, 0.2) is 4.34 Å². The van der Waals surface area contributed by atoms with E-state index < -0.39 is 0 Å². The fourth-order valence-electron chi connectivity index (χ4n) is 0.665. The smallest absolute Gasteiger partial charge is 0.349 e. The van der Waals surface area contributed by atoms with E-state index in [1.807, 2.05) is 6.26 Å². The van der Waals surface area contributed by atoms with Gasteiger partial charge in [0, 0.05) is 0 Å². The van der Waals surface area contributed by atoms with Gasteiger partial charge in [0.1, 0.15) is 4.88 Å². The lowest BCUT2D eigenvalue weighted by Gasteiger charge is -1.95. The minimum absolute atomic E-state index is 0.284. The molecule has 6 heteroatoms. The minimum atomic E-state index is -0.284. The molecule has 0 amide bonds. The van der Waals surface area contributed by atoms with Crippen LogP contribution < -0.4 is 0 Å².